The van der Waals surface area contributed by atoms with E-state index in [0.717, 1.165) is 10.0 Å². The summed E-state index contributed by atoms with van der Waals surface area (Å²) in [5, 5.41) is 1.70. The molecule has 0 amide bonds. The predicted octanol–water partition coefficient (Wildman–Crippen LogP) is 10.0. The van der Waals surface area contributed by atoms with E-state index in [2.05, 4.69) is 84.9 Å². The van der Waals surface area contributed by atoms with Gasteiger partial charge in [0.25, 0.3) is 0 Å². The van der Waals surface area contributed by atoms with E-state index < -0.39 is 0 Å². The van der Waals surface area contributed by atoms with Crippen LogP contribution in [0.4, 0.5) is 0 Å². The van der Waals surface area contributed by atoms with Gasteiger partial charge in [-0.1, -0.05) is 125 Å². The fraction of sp³-hybridized carbons (Fsp3) is 0.357. The minimum absolute atomic E-state index is 0.522. The van der Waals surface area contributed by atoms with Crippen LogP contribution in [0.3, 0.4) is 0 Å². The Bertz CT molecular complexity index is 862. The maximum atomic E-state index is 5.92. The number of hydrogen-bond donors (Lipinski definition) is 0. The molecule has 0 aromatic heterocycles. The maximum Gasteiger partial charge on any atom is 0.0440 e. The zero-order valence-electron chi connectivity index (χ0n) is 19.4. The summed E-state index contributed by atoms with van der Waals surface area (Å²) in [5.74, 6) is 1.74. The van der Waals surface area contributed by atoms with Crippen LogP contribution in [0.15, 0.2) is 72.8 Å². The Hall–Kier alpha value is -1.76. The molecule has 3 rings (SSSR count). The van der Waals surface area contributed by atoms with Crippen LogP contribution >= 0.6 is 23.2 Å². The molecule has 0 aliphatic rings. The SMILES string of the molecule is CC(C)c1cccc(Cl)c1.CC(C)c1ccccc1Cl.Cc1ccc(C(C)C)cc1. The van der Waals surface area contributed by atoms with Crippen molar-refractivity contribution in [3.63, 3.8) is 0 Å². The summed E-state index contributed by atoms with van der Waals surface area (Å²) in [6, 6.07) is 24.7. The third-order valence-electron chi connectivity index (χ3n) is 4.79. The molecule has 3 aromatic carbocycles. The zero-order chi connectivity index (χ0) is 22.7. The quantitative estimate of drug-likeness (QED) is 0.378. The minimum atomic E-state index is 0.522. The van der Waals surface area contributed by atoms with Crippen LogP contribution in [0.2, 0.25) is 10.0 Å². The summed E-state index contributed by atoms with van der Waals surface area (Å²) in [6.07, 6.45) is 0. The third kappa shape index (κ3) is 9.83. The van der Waals surface area contributed by atoms with Crippen LogP contribution in [0.5, 0.6) is 0 Å². The average Bonchev–Trinajstić information content (AvgIpc) is 2.69. The molecule has 0 aliphatic heterocycles. The van der Waals surface area contributed by atoms with Crippen LogP contribution < -0.4 is 0 Å². The van der Waals surface area contributed by atoms with Crippen molar-refractivity contribution >= 4 is 23.2 Å². The molecule has 0 radical (unpaired) electrons. The highest BCUT2D eigenvalue weighted by atomic mass is 35.5. The fourth-order valence-electron chi connectivity index (χ4n) is 2.76. The molecule has 0 heterocycles. The monoisotopic (exact) mass is 442 g/mol. The molecule has 0 spiro atoms. The van der Waals surface area contributed by atoms with E-state index in [1.165, 1.54) is 22.3 Å². The topological polar surface area (TPSA) is 0 Å². The first-order chi connectivity index (χ1) is 14.1. The van der Waals surface area contributed by atoms with Crippen LogP contribution in [0.1, 0.15) is 81.5 Å². The molecule has 162 valence electrons. The van der Waals surface area contributed by atoms with Gasteiger partial charge >= 0.3 is 0 Å². The normalized spacial score (nSPS) is 10.4. The summed E-state index contributed by atoms with van der Waals surface area (Å²) in [7, 11) is 0. The lowest BCUT2D eigenvalue weighted by molar-refractivity contribution is 0.866. The number of benzene rings is 3. The van der Waals surface area contributed by atoms with E-state index >= 15 is 0 Å². The number of rotatable bonds is 3. The number of halogens is 2. The van der Waals surface area contributed by atoms with Crippen molar-refractivity contribution in [2.45, 2.75) is 66.2 Å². The van der Waals surface area contributed by atoms with E-state index in [9.17, 15) is 0 Å². The molecule has 0 nitrogen and oxygen atoms in total. The van der Waals surface area contributed by atoms with E-state index in [1.54, 1.807) is 0 Å². The third-order valence-corrected chi connectivity index (χ3v) is 5.37. The van der Waals surface area contributed by atoms with Gasteiger partial charge in [-0.25, -0.2) is 0 Å². The number of hydrogen-bond acceptors (Lipinski definition) is 0. The van der Waals surface area contributed by atoms with Crippen molar-refractivity contribution in [1.82, 2.24) is 0 Å². The first-order valence-electron chi connectivity index (χ1n) is 10.7. The minimum Gasteiger partial charge on any atom is -0.0843 e. The smallest absolute Gasteiger partial charge is 0.0440 e. The van der Waals surface area contributed by atoms with Gasteiger partial charge in [-0.05, 0) is 59.6 Å². The van der Waals surface area contributed by atoms with Gasteiger partial charge in [0, 0.05) is 10.0 Å². The molecule has 0 bridgehead atoms. The van der Waals surface area contributed by atoms with Gasteiger partial charge in [0.15, 0.2) is 0 Å². The van der Waals surface area contributed by atoms with Crippen molar-refractivity contribution in [3.8, 4) is 0 Å². The van der Waals surface area contributed by atoms with Gasteiger partial charge in [0.05, 0.1) is 0 Å². The van der Waals surface area contributed by atoms with E-state index in [1.807, 2.05) is 36.4 Å². The Balaban J connectivity index is 0.000000225. The van der Waals surface area contributed by atoms with Gasteiger partial charge in [-0.15, -0.1) is 0 Å². The molecule has 0 atom stereocenters. The fourth-order valence-corrected chi connectivity index (χ4v) is 3.31. The molecule has 2 heteroatoms. The first kappa shape index (κ1) is 26.3. The average molecular weight is 444 g/mol. The molecule has 0 unspecified atom stereocenters. The van der Waals surface area contributed by atoms with Crippen LogP contribution in [0.25, 0.3) is 0 Å². The highest BCUT2D eigenvalue weighted by Crippen LogP contribution is 2.22. The van der Waals surface area contributed by atoms with Crippen LogP contribution in [-0.4, -0.2) is 0 Å². The Morgan fingerprint density at radius 1 is 0.567 bits per heavy atom. The molecule has 0 N–H and O–H groups in total. The van der Waals surface area contributed by atoms with E-state index in [-0.39, 0.29) is 0 Å². The van der Waals surface area contributed by atoms with Crippen molar-refractivity contribution in [3.05, 3.63) is 105 Å². The maximum absolute atomic E-state index is 5.92. The predicted molar refractivity (Wildman–Crippen MR) is 136 cm³/mol. The summed E-state index contributed by atoms with van der Waals surface area (Å²) in [6.45, 7) is 15.1. The molecular formula is C28H36Cl2. The highest BCUT2D eigenvalue weighted by Gasteiger charge is 2.01. The van der Waals surface area contributed by atoms with E-state index in [0.29, 0.717) is 17.8 Å². The Kier molecular flexibility index (Phi) is 11.8. The molecule has 0 saturated heterocycles. The molecule has 3 aromatic rings. The highest BCUT2D eigenvalue weighted by molar-refractivity contribution is 6.31. The molecule has 30 heavy (non-hydrogen) atoms. The lowest BCUT2D eigenvalue weighted by atomic mass is 10.0. The second kappa shape index (κ2) is 13.5. The molecule has 0 fully saturated rings. The van der Waals surface area contributed by atoms with Crippen LogP contribution in [0, 0.1) is 6.92 Å². The summed E-state index contributed by atoms with van der Waals surface area (Å²) in [5.41, 5.74) is 5.28. The van der Waals surface area contributed by atoms with E-state index in [4.69, 9.17) is 23.2 Å². The Labute approximate surface area is 194 Å². The first-order valence-corrected chi connectivity index (χ1v) is 11.4. The standard InChI is InChI=1S/C10H14.2C9H11Cl/c1-8(2)10-6-4-9(3)5-7-10;1-7(2)8-4-3-5-9(10)6-8;1-7(2)8-5-3-4-6-9(8)10/h4-8H,1-3H3;2*3-7H,1-2H3. The summed E-state index contributed by atoms with van der Waals surface area (Å²) < 4.78 is 0. The second-order valence-electron chi connectivity index (χ2n) is 8.45. The molecule has 0 saturated carbocycles. The lowest BCUT2D eigenvalue weighted by Gasteiger charge is -2.05. The lowest BCUT2D eigenvalue weighted by Crippen LogP contribution is -1.86. The Morgan fingerprint density at radius 2 is 1.13 bits per heavy atom. The van der Waals surface area contributed by atoms with Gasteiger partial charge in [-0.2, -0.15) is 0 Å². The Morgan fingerprint density at radius 3 is 1.53 bits per heavy atom. The van der Waals surface area contributed by atoms with Gasteiger partial charge in [-0.3, -0.25) is 0 Å². The van der Waals surface area contributed by atoms with Gasteiger partial charge in [0.2, 0.25) is 0 Å². The molecule has 0 aliphatic carbocycles. The summed E-state index contributed by atoms with van der Waals surface area (Å²) >= 11 is 11.7. The number of aryl methyl sites for hydroxylation is 1. The second-order valence-corrected chi connectivity index (χ2v) is 9.29. The van der Waals surface area contributed by atoms with Crippen molar-refractivity contribution < 1.29 is 0 Å². The van der Waals surface area contributed by atoms with Gasteiger partial charge in [0.1, 0.15) is 0 Å². The van der Waals surface area contributed by atoms with Gasteiger partial charge < -0.3 is 0 Å². The largest absolute Gasteiger partial charge is 0.0843 e. The molecular weight excluding hydrogens is 407 g/mol. The van der Waals surface area contributed by atoms with Crippen molar-refractivity contribution in [2.75, 3.05) is 0 Å². The van der Waals surface area contributed by atoms with Crippen molar-refractivity contribution in [2.24, 2.45) is 0 Å². The van der Waals surface area contributed by atoms with Crippen molar-refractivity contribution in [1.29, 1.82) is 0 Å². The van der Waals surface area contributed by atoms with Crippen LogP contribution in [-0.2, 0) is 0 Å². The summed E-state index contributed by atoms with van der Waals surface area (Å²) in [4.78, 5) is 0. The zero-order valence-corrected chi connectivity index (χ0v) is 20.9.